The number of anilines is 1. The van der Waals surface area contributed by atoms with Gasteiger partial charge in [0.2, 0.25) is 5.91 Å². The van der Waals surface area contributed by atoms with Crippen LogP contribution in [0.25, 0.3) is 0 Å². The predicted octanol–water partition coefficient (Wildman–Crippen LogP) is -0.885. The van der Waals surface area contributed by atoms with Crippen LogP contribution in [0.5, 0.6) is 0 Å². The second-order valence-corrected chi connectivity index (χ2v) is 6.81. The second kappa shape index (κ2) is 7.66. The molecule has 0 radical (unpaired) electrons. The van der Waals surface area contributed by atoms with E-state index in [1.165, 1.54) is 10.6 Å². The number of likely N-dealkylation sites (tertiary alicyclic amines) is 1. The van der Waals surface area contributed by atoms with Gasteiger partial charge in [0.1, 0.15) is 0 Å². The van der Waals surface area contributed by atoms with Crippen molar-refractivity contribution in [2.75, 3.05) is 50.7 Å². The molecule has 3 N–H and O–H groups in total. The van der Waals surface area contributed by atoms with E-state index in [1.807, 2.05) is 23.1 Å². The molecule has 1 aromatic rings. The Balaban J connectivity index is 1.43. The Morgan fingerprint density at radius 3 is 2.25 bits per heavy atom. The summed E-state index contributed by atoms with van der Waals surface area (Å²) in [4.78, 5) is 29.3. The highest BCUT2D eigenvalue weighted by atomic mass is 16.2. The summed E-state index contributed by atoms with van der Waals surface area (Å²) in [5, 5.41) is 0. The number of carbonyl (C=O) groups excluding carboxylic acids is 2. The highest BCUT2D eigenvalue weighted by Crippen LogP contribution is 2.15. The normalized spacial score (nSPS) is 24.7. The van der Waals surface area contributed by atoms with E-state index in [0.29, 0.717) is 6.54 Å². The first-order chi connectivity index (χ1) is 11.6. The Bertz CT molecular complexity index is 562. The summed E-state index contributed by atoms with van der Waals surface area (Å²) in [5.74, 6) is 0.0333. The number of amides is 2. The standard InChI is InChI=1S/C18H26N4O2/c19-18(24)15-6-8-20(9-7-15)14-17(23)22-12-10-21(11-13-22)16-4-2-1-3-5-16/h1-5,15H,6-14H2,(H2,19,24)/p+1. The minimum absolute atomic E-state index is 0.00160. The summed E-state index contributed by atoms with van der Waals surface area (Å²) >= 11 is 0. The molecule has 0 unspecified atom stereocenters. The number of piperidine rings is 1. The predicted molar refractivity (Wildman–Crippen MR) is 92.7 cm³/mol. The molecule has 2 amide bonds. The Hall–Kier alpha value is -2.08. The summed E-state index contributed by atoms with van der Waals surface area (Å²) in [6, 6.07) is 10.3. The number of quaternary nitrogens is 1. The molecule has 0 atom stereocenters. The zero-order valence-corrected chi connectivity index (χ0v) is 14.1. The minimum Gasteiger partial charge on any atom is -0.369 e. The van der Waals surface area contributed by atoms with Crippen molar-refractivity contribution in [2.45, 2.75) is 12.8 Å². The van der Waals surface area contributed by atoms with Gasteiger partial charge < -0.3 is 20.4 Å². The van der Waals surface area contributed by atoms with E-state index in [1.54, 1.807) is 0 Å². The van der Waals surface area contributed by atoms with E-state index in [4.69, 9.17) is 5.73 Å². The zero-order chi connectivity index (χ0) is 16.9. The Labute approximate surface area is 143 Å². The summed E-state index contributed by atoms with van der Waals surface area (Å²) < 4.78 is 0. The maximum absolute atomic E-state index is 12.5. The molecule has 24 heavy (non-hydrogen) atoms. The SMILES string of the molecule is NC(=O)C1CC[NH+](CC(=O)N2CCN(c3ccccc3)CC2)CC1. The number of nitrogens with zero attached hydrogens (tertiary/aromatic N) is 2. The van der Waals surface area contributed by atoms with E-state index in [0.717, 1.165) is 52.1 Å². The van der Waals surface area contributed by atoms with Gasteiger partial charge in [-0.05, 0) is 12.1 Å². The zero-order valence-electron chi connectivity index (χ0n) is 14.1. The molecule has 3 rings (SSSR count). The molecular formula is C18H27N4O2+. The number of benzene rings is 1. The number of carbonyl (C=O) groups is 2. The minimum atomic E-state index is -0.197. The highest BCUT2D eigenvalue weighted by molar-refractivity contribution is 5.78. The molecule has 0 aromatic heterocycles. The first kappa shape index (κ1) is 16.8. The molecule has 0 saturated carbocycles. The number of hydrogen-bond acceptors (Lipinski definition) is 3. The average molecular weight is 331 g/mol. The van der Waals surface area contributed by atoms with Gasteiger partial charge in [-0.25, -0.2) is 0 Å². The van der Waals surface area contributed by atoms with Crippen LogP contribution in [0.1, 0.15) is 12.8 Å². The van der Waals surface area contributed by atoms with Crippen molar-refractivity contribution in [1.82, 2.24) is 4.90 Å². The first-order valence-electron chi connectivity index (χ1n) is 8.84. The van der Waals surface area contributed by atoms with Crippen LogP contribution in [0.3, 0.4) is 0 Å². The summed E-state index contributed by atoms with van der Waals surface area (Å²) in [6.07, 6.45) is 1.61. The van der Waals surface area contributed by atoms with E-state index < -0.39 is 0 Å². The van der Waals surface area contributed by atoms with Crippen molar-refractivity contribution < 1.29 is 14.5 Å². The number of para-hydroxylation sites is 1. The molecule has 0 aliphatic carbocycles. The van der Waals surface area contributed by atoms with E-state index in [2.05, 4.69) is 17.0 Å². The third kappa shape index (κ3) is 4.06. The monoisotopic (exact) mass is 331 g/mol. The van der Waals surface area contributed by atoms with Crippen LogP contribution in [0.4, 0.5) is 5.69 Å². The molecule has 130 valence electrons. The third-order valence-electron chi connectivity index (χ3n) is 5.25. The van der Waals surface area contributed by atoms with Crippen LogP contribution in [-0.2, 0) is 9.59 Å². The molecule has 2 fully saturated rings. The van der Waals surface area contributed by atoms with Gasteiger partial charge in [-0.1, -0.05) is 18.2 Å². The fraction of sp³-hybridized carbons (Fsp3) is 0.556. The quantitative estimate of drug-likeness (QED) is 0.752. The highest BCUT2D eigenvalue weighted by Gasteiger charge is 2.29. The summed E-state index contributed by atoms with van der Waals surface area (Å²) in [5.41, 5.74) is 6.59. The Morgan fingerprint density at radius 1 is 1.04 bits per heavy atom. The fourth-order valence-corrected chi connectivity index (χ4v) is 3.67. The van der Waals surface area contributed by atoms with Gasteiger partial charge in [0, 0.05) is 50.6 Å². The van der Waals surface area contributed by atoms with Gasteiger partial charge in [-0.3, -0.25) is 9.59 Å². The molecule has 0 bridgehead atoms. The molecule has 2 heterocycles. The molecule has 6 heteroatoms. The molecule has 2 aliphatic rings. The van der Waals surface area contributed by atoms with Crippen molar-refractivity contribution in [1.29, 1.82) is 0 Å². The van der Waals surface area contributed by atoms with Gasteiger partial charge >= 0.3 is 0 Å². The second-order valence-electron chi connectivity index (χ2n) is 6.81. The van der Waals surface area contributed by atoms with Crippen molar-refractivity contribution in [3.05, 3.63) is 30.3 Å². The maximum atomic E-state index is 12.5. The Morgan fingerprint density at radius 2 is 1.67 bits per heavy atom. The van der Waals surface area contributed by atoms with Crippen LogP contribution >= 0.6 is 0 Å². The van der Waals surface area contributed by atoms with Gasteiger partial charge in [-0.15, -0.1) is 0 Å². The van der Waals surface area contributed by atoms with Crippen molar-refractivity contribution in [3.8, 4) is 0 Å². The molecule has 6 nitrogen and oxygen atoms in total. The van der Waals surface area contributed by atoms with Crippen molar-refractivity contribution in [3.63, 3.8) is 0 Å². The van der Waals surface area contributed by atoms with Crippen LogP contribution in [0.2, 0.25) is 0 Å². The van der Waals surface area contributed by atoms with Crippen molar-refractivity contribution in [2.24, 2.45) is 11.7 Å². The topological polar surface area (TPSA) is 71.1 Å². The Kier molecular flexibility index (Phi) is 5.35. The third-order valence-corrected chi connectivity index (χ3v) is 5.25. The lowest BCUT2D eigenvalue weighted by atomic mass is 9.96. The number of nitrogens with two attached hydrogens (primary N) is 1. The molecule has 1 aromatic carbocycles. The first-order valence-corrected chi connectivity index (χ1v) is 8.84. The van der Waals surface area contributed by atoms with Gasteiger partial charge in [0.05, 0.1) is 13.1 Å². The lowest BCUT2D eigenvalue weighted by molar-refractivity contribution is -0.898. The van der Waals surface area contributed by atoms with Crippen LogP contribution < -0.4 is 15.5 Å². The number of piperazine rings is 1. The van der Waals surface area contributed by atoms with E-state index >= 15 is 0 Å². The van der Waals surface area contributed by atoms with Crippen LogP contribution in [-0.4, -0.2) is 62.5 Å². The smallest absolute Gasteiger partial charge is 0.277 e. The van der Waals surface area contributed by atoms with Crippen molar-refractivity contribution >= 4 is 17.5 Å². The number of nitrogens with one attached hydrogen (secondary N) is 1. The van der Waals surface area contributed by atoms with Gasteiger partial charge in [-0.2, -0.15) is 0 Å². The van der Waals surface area contributed by atoms with Crippen LogP contribution in [0, 0.1) is 5.92 Å². The largest absolute Gasteiger partial charge is 0.369 e. The lowest BCUT2D eigenvalue weighted by Crippen LogP contribution is -3.14. The van der Waals surface area contributed by atoms with E-state index in [9.17, 15) is 9.59 Å². The van der Waals surface area contributed by atoms with Gasteiger partial charge in [0.25, 0.3) is 5.91 Å². The summed E-state index contributed by atoms with van der Waals surface area (Å²) in [7, 11) is 0. The average Bonchev–Trinajstić information content (AvgIpc) is 2.63. The molecule has 2 saturated heterocycles. The number of hydrogen-bond donors (Lipinski definition) is 2. The molecular weight excluding hydrogens is 304 g/mol. The molecule has 0 spiro atoms. The number of primary amides is 1. The molecule has 2 aliphatic heterocycles. The summed E-state index contributed by atoms with van der Waals surface area (Å²) in [6.45, 7) is 5.60. The maximum Gasteiger partial charge on any atom is 0.277 e. The van der Waals surface area contributed by atoms with Crippen LogP contribution in [0.15, 0.2) is 30.3 Å². The lowest BCUT2D eigenvalue weighted by Gasteiger charge is -2.37. The number of rotatable bonds is 4. The fourth-order valence-electron chi connectivity index (χ4n) is 3.67. The van der Waals surface area contributed by atoms with Gasteiger partial charge in [0.15, 0.2) is 6.54 Å². The van der Waals surface area contributed by atoms with E-state index in [-0.39, 0.29) is 17.7 Å².